The predicted molar refractivity (Wildman–Crippen MR) is 60.8 cm³/mol. The van der Waals surface area contributed by atoms with Crippen molar-refractivity contribution in [2.24, 2.45) is 0 Å². The number of nitrogens with zero attached hydrogens (tertiary/aromatic N) is 1. The fraction of sp³-hybridized carbons (Fsp3) is 0.455. The van der Waals surface area contributed by atoms with Crippen molar-refractivity contribution in [2.45, 2.75) is 32.0 Å². The first-order chi connectivity index (χ1) is 8.21. The number of carbonyl (C=O) groups is 1. The Morgan fingerprint density at radius 2 is 2.06 bits per heavy atom. The Labute approximate surface area is 109 Å². The molecule has 2 atom stereocenters. The first-order valence-corrected chi connectivity index (χ1v) is 5.99. The van der Waals surface area contributed by atoms with Crippen LogP contribution in [0.25, 0.3) is 0 Å². The van der Waals surface area contributed by atoms with Gasteiger partial charge in [-0.1, -0.05) is 6.92 Å². The Hall–Kier alpha value is -1.11. The molecule has 3 nitrogen and oxygen atoms in total. The normalized spacial score (nSPS) is 22.6. The highest BCUT2D eigenvalue weighted by Crippen LogP contribution is 2.42. The minimum atomic E-state index is -4.92. The molecule has 0 N–H and O–H groups in total. The minimum absolute atomic E-state index is 0.0842. The van der Waals surface area contributed by atoms with Crippen molar-refractivity contribution in [1.29, 1.82) is 0 Å². The number of rotatable bonds is 1. The van der Waals surface area contributed by atoms with E-state index in [2.05, 4.69) is 20.9 Å². The molecule has 1 aliphatic rings. The van der Waals surface area contributed by atoms with Gasteiger partial charge in [-0.25, -0.2) is 4.98 Å². The predicted octanol–water partition coefficient (Wildman–Crippen LogP) is 3.47. The molecule has 2 unspecified atom stereocenters. The zero-order valence-corrected chi connectivity index (χ0v) is 11.1. The van der Waals surface area contributed by atoms with Crippen molar-refractivity contribution < 1.29 is 22.7 Å². The van der Waals surface area contributed by atoms with Gasteiger partial charge in [0.15, 0.2) is 5.75 Å². The number of aromatic nitrogens is 1. The Kier molecular flexibility index (Phi) is 3.12. The van der Waals surface area contributed by atoms with E-state index < -0.39 is 17.7 Å². The van der Waals surface area contributed by atoms with E-state index in [0.717, 1.165) is 6.07 Å². The molecule has 0 saturated heterocycles. The maximum Gasteiger partial charge on any atom is 0.456 e. The van der Waals surface area contributed by atoms with Gasteiger partial charge in [0.2, 0.25) is 0 Å². The van der Waals surface area contributed by atoms with Crippen LogP contribution < -0.4 is 4.74 Å². The Bertz CT molecular complexity index is 516. The number of fused-ring (bicyclic) bond motifs is 1. The summed E-state index contributed by atoms with van der Waals surface area (Å²) in [6.45, 7) is 3.63. The summed E-state index contributed by atoms with van der Waals surface area (Å²) in [7, 11) is 0. The van der Waals surface area contributed by atoms with Crippen molar-refractivity contribution in [2.75, 3.05) is 0 Å². The molecule has 0 bridgehead atoms. The smallest absolute Gasteiger partial charge is 0.456 e. The summed E-state index contributed by atoms with van der Waals surface area (Å²) >= 11 is 3.03. The molecule has 0 spiro atoms. The molecular weight excluding hydrogens is 315 g/mol. The Balaban J connectivity index is 2.50. The zero-order valence-electron chi connectivity index (χ0n) is 9.51. The molecular formula is C11H9BrF3NO2. The summed E-state index contributed by atoms with van der Waals surface area (Å²) in [5, 5.41) is 0. The van der Waals surface area contributed by atoms with Crippen LogP contribution in [0.15, 0.2) is 10.7 Å². The van der Waals surface area contributed by atoms with Gasteiger partial charge in [0.05, 0.1) is 0 Å². The van der Waals surface area contributed by atoms with E-state index in [4.69, 9.17) is 4.74 Å². The average molecular weight is 324 g/mol. The van der Waals surface area contributed by atoms with Gasteiger partial charge in [0.25, 0.3) is 5.78 Å². The number of hydrogen-bond acceptors (Lipinski definition) is 3. The molecule has 0 fully saturated rings. The molecule has 0 aromatic carbocycles. The lowest BCUT2D eigenvalue weighted by atomic mass is 9.98. The maximum atomic E-state index is 12.4. The van der Waals surface area contributed by atoms with E-state index in [1.54, 1.807) is 0 Å². The second kappa shape index (κ2) is 4.22. The van der Waals surface area contributed by atoms with Crippen LogP contribution in [0.3, 0.4) is 0 Å². The molecule has 0 radical (unpaired) electrons. The van der Waals surface area contributed by atoms with Crippen LogP contribution in [0.5, 0.6) is 5.75 Å². The van der Waals surface area contributed by atoms with Crippen LogP contribution >= 0.6 is 15.9 Å². The fourth-order valence-electron chi connectivity index (χ4n) is 1.78. The highest BCUT2D eigenvalue weighted by molar-refractivity contribution is 9.10. The molecule has 0 saturated carbocycles. The third kappa shape index (κ3) is 2.11. The van der Waals surface area contributed by atoms with Crippen molar-refractivity contribution in [3.8, 4) is 5.75 Å². The number of pyridine rings is 1. The molecule has 1 aromatic rings. The summed E-state index contributed by atoms with van der Waals surface area (Å²) in [6, 6.07) is 1.16. The van der Waals surface area contributed by atoms with Crippen LogP contribution in [0, 0.1) is 0 Å². The molecule has 0 amide bonds. The monoisotopic (exact) mass is 323 g/mol. The van der Waals surface area contributed by atoms with E-state index in [9.17, 15) is 18.0 Å². The first-order valence-electron chi connectivity index (χ1n) is 5.20. The summed E-state index contributed by atoms with van der Waals surface area (Å²) in [5.74, 6) is -1.62. The number of ketones is 1. The second-order valence-corrected chi connectivity index (χ2v) is 4.91. The lowest BCUT2D eigenvalue weighted by Gasteiger charge is -2.08. The van der Waals surface area contributed by atoms with E-state index in [1.807, 2.05) is 13.8 Å². The zero-order chi connectivity index (χ0) is 13.7. The van der Waals surface area contributed by atoms with Gasteiger partial charge in [-0.05, 0) is 28.9 Å². The van der Waals surface area contributed by atoms with Gasteiger partial charge in [0, 0.05) is 11.5 Å². The minimum Gasteiger partial charge on any atom is -0.487 e. The standard InChI is InChI=1S/C11H9BrF3NO2/c1-4-5(2)18-8-6(4)3-7(16-10(8)12)9(17)11(13,14)15/h3-5H,1-2H3. The molecule has 18 heavy (non-hydrogen) atoms. The molecule has 98 valence electrons. The SMILES string of the molecule is CC1Oc2c(cc(C(=O)C(F)(F)F)nc2Br)C1C. The maximum absolute atomic E-state index is 12.4. The van der Waals surface area contributed by atoms with Crippen LogP contribution in [0.4, 0.5) is 13.2 Å². The van der Waals surface area contributed by atoms with Crippen molar-refractivity contribution >= 4 is 21.7 Å². The van der Waals surface area contributed by atoms with Gasteiger partial charge in [0.1, 0.15) is 16.4 Å². The lowest BCUT2D eigenvalue weighted by molar-refractivity contribution is -0.0888. The average Bonchev–Trinajstić information content (AvgIpc) is 2.54. The Morgan fingerprint density at radius 1 is 1.44 bits per heavy atom. The van der Waals surface area contributed by atoms with Gasteiger partial charge >= 0.3 is 6.18 Å². The topological polar surface area (TPSA) is 39.2 Å². The number of hydrogen-bond donors (Lipinski definition) is 0. The van der Waals surface area contributed by atoms with Crippen molar-refractivity contribution in [3.05, 3.63) is 21.9 Å². The highest BCUT2D eigenvalue weighted by atomic mass is 79.9. The molecule has 2 rings (SSSR count). The second-order valence-electron chi connectivity index (χ2n) is 4.16. The van der Waals surface area contributed by atoms with E-state index in [-0.39, 0.29) is 16.6 Å². The van der Waals surface area contributed by atoms with E-state index in [1.165, 1.54) is 0 Å². The third-order valence-electron chi connectivity index (χ3n) is 2.95. The first kappa shape index (κ1) is 13.3. The van der Waals surface area contributed by atoms with Gasteiger partial charge in [-0.3, -0.25) is 4.79 Å². The quantitative estimate of drug-likeness (QED) is 0.586. The summed E-state index contributed by atoms with van der Waals surface area (Å²) in [5.41, 5.74) is -0.0466. The number of halogens is 4. The highest BCUT2D eigenvalue weighted by Gasteiger charge is 2.42. The molecule has 0 aliphatic carbocycles. The lowest BCUT2D eigenvalue weighted by Crippen LogP contribution is -2.24. The largest absolute Gasteiger partial charge is 0.487 e. The molecule has 1 aliphatic heterocycles. The Morgan fingerprint density at radius 3 is 2.61 bits per heavy atom. The van der Waals surface area contributed by atoms with Gasteiger partial charge in [-0.2, -0.15) is 13.2 Å². The number of alkyl halides is 3. The van der Waals surface area contributed by atoms with E-state index in [0.29, 0.717) is 11.3 Å². The van der Waals surface area contributed by atoms with Crippen LogP contribution in [0.1, 0.15) is 35.8 Å². The summed E-state index contributed by atoms with van der Waals surface area (Å²) < 4.78 is 42.7. The van der Waals surface area contributed by atoms with Gasteiger partial charge < -0.3 is 4.74 Å². The van der Waals surface area contributed by atoms with Gasteiger partial charge in [-0.15, -0.1) is 0 Å². The fourth-order valence-corrected chi connectivity index (χ4v) is 2.29. The summed E-state index contributed by atoms with van der Waals surface area (Å²) in [4.78, 5) is 14.8. The van der Waals surface area contributed by atoms with Crippen molar-refractivity contribution in [1.82, 2.24) is 4.98 Å². The number of ether oxygens (including phenoxy) is 1. The molecule has 1 aromatic heterocycles. The number of Topliss-reactive ketones (excluding diaryl/α,β-unsaturated/α-hetero) is 1. The van der Waals surface area contributed by atoms with Crippen LogP contribution in [-0.2, 0) is 0 Å². The van der Waals surface area contributed by atoms with Crippen LogP contribution in [0.2, 0.25) is 0 Å². The molecule has 7 heteroatoms. The van der Waals surface area contributed by atoms with E-state index >= 15 is 0 Å². The molecule has 2 heterocycles. The van der Waals surface area contributed by atoms with Crippen molar-refractivity contribution in [3.63, 3.8) is 0 Å². The third-order valence-corrected chi connectivity index (χ3v) is 3.49. The van der Waals surface area contributed by atoms with Crippen LogP contribution in [-0.4, -0.2) is 23.0 Å². The number of carbonyl (C=O) groups excluding carboxylic acids is 1. The summed E-state index contributed by atoms with van der Waals surface area (Å²) in [6.07, 6.45) is -5.08.